The summed E-state index contributed by atoms with van der Waals surface area (Å²) in [5, 5.41) is 17.0. The standard InChI is InChI=1S/C20H20FN7.2ClH/c1-12-7-17(26-28-11-13(2)23-20(12)28)14-8-16(21)15-10-19(25-24-18(15)9-14)27-5-3-22-4-6-27;;/h7-11,22H,3-6H2,1-2H3;2*1H. The second-order valence-electron chi connectivity index (χ2n) is 7.19. The van der Waals surface area contributed by atoms with Crippen molar-refractivity contribution in [2.75, 3.05) is 31.1 Å². The number of rotatable bonds is 2. The Labute approximate surface area is 185 Å². The summed E-state index contributed by atoms with van der Waals surface area (Å²) in [4.78, 5) is 6.59. The van der Waals surface area contributed by atoms with E-state index in [4.69, 9.17) is 0 Å². The highest BCUT2D eigenvalue weighted by molar-refractivity contribution is 5.86. The largest absolute Gasteiger partial charge is 0.353 e. The second-order valence-corrected chi connectivity index (χ2v) is 7.19. The number of anilines is 1. The molecule has 0 unspecified atom stereocenters. The predicted octanol–water partition coefficient (Wildman–Crippen LogP) is 3.35. The minimum absolute atomic E-state index is 0. The Morgan fingerprint density at radius 3 is 2.53 bits per heavy atom. The van der Waals surface area contributed by atoms with Crippen molar-refractivity contribution in [1.29, 1.82) is 0 Å². The number of imidazole rings is 1. The van der Waals surface area contributed by atoms with Crippen LogP contribution in [0.5, 0.6) is 0 Å². The third-order valence-corrected chi connectivity index (χ3v) is 5.11. The van der Waals surface area contributed by atoms with E-state index in [9.17, 15) is 4.39 Å². The van der Waals surface area contributed by atoms with E-state index in [2.05, 4.69) is 30.5 Å². The van der Waals surface area contributed by atoms with Crippen molar-refractivity contribution in [3.63, 3.8) is 0 Å². The molecule has 5 rings (SSSR count). The van der Waals surface area contributed by atoms with Crippen molar-refractivity contribution in [2.24, 2.45) is 0 Å². The molecule has 0 amide bonds. The Kier molecular flexibility index (Phi) is 6.40. The normalized spacial score (nSPS) is 13.9. The van der Waals surface area contributed by atoms with Gasteiger partial charge in [0.25, 0.3) is 0 Å². The molecule has 1 aliphatic rings. The van der Waals surface area contributed by atoms with E-state index < -0.39 is 0 Å². The van der Waals surface area contributed by atoms with Crippen LogP contribution >= 0.6 is 24.8 Å². The summed E-state index contributed by atoms with van der Waals surface area (Å²) >= 11 is 0. The molecule has 0 bridgehead atoms. The van der Waals surface area contributed by atoms with Crippen LogP contribution in [0, 0.1) is 19.7 Å². The maximum Gasteiger partial charge on any atom is 0.156 e. The van der Waals surface area contributed by atoms with Gasteiger partial charge in [0, 0.05) is 37.1 Å². The van der Waals surface area contributed by atoms with Crippen LogP contribution in [0.3, 0.4) is 0 Å². The van der Waals surface area contributed by atoms with Crippen LogP contribution in [0.1, 0.15) is 11.3 Å². The first-order chi connectivity index (χ1) is 13.6. The molecule has 1 saturated heterocycles. The number of aromatic nitrogens is 5. The van der Waals surface area contributed by atoms with E-state index in [1.807, 2.05) is 32.2 Å². The van der Waals surface area contributed by atoms with Gasteiger partial charge in [-0.05, 0) is 43.7 Å². The summed E-state index contributed by atoms with van der Waals surface area (Å²) in [6, 6.07) is 7.06. The van der Waals surface area contributed by atoms with Crippen molar-refractivity contribution < 1.29 is 4.39 Å². The monoisotopic (exact) mass is 449 g/mol. The number of benzene rings is 1. The quantitative estimate of drug-likeness (QED) is 0.505. The van der Waals surface area contributed by atoms with Crippen molar-refractivity contribution in [1.82, 2.24) is 30.1 Å². The molecule has 30 heavy (non-hydrogen) atoms. The number of nitrogens with zero attached hydrogens (tertiary/aromatic N) is 6. The lowest BCUT2D eigenvalue weighted by Crippen LogP contribution is -2.43. The van der Waals surface area contributed by atoms with Gasteiger partial charge in [0.05, 0.1) is 23.1 Å². The van der Waals surface area contributed by atoms with Gasteiger partial charge in [-0.25, -0.2) is 13.9 Å². The Balaban J connectivity index is 0.00000128. The Morgan fingerprint density at radius 1 is 1.00 bits per heavy atom. The molecule has 0 aliphatic carbocycles. The maximum absolute atomic E-state index is 15.0. The molecule has 158 valence electrons. The van der Waals surface area contributed by atoms with E-state index in [1.54, 1.807) is 10.6 Å². The van der Waals surface area contributed by atoms with Crippen LogP contribution in [-0.2, 0) is 0 Å². The number of aryl methyl sites for hydroxylation is 2. The molecule has 10 heteroatoms. The summed E-state index contributed by atoms with van der Waals surface area (Å²) in [5.41, 5.74) is 4.56. The number of fused-ring (bicyclic) bond motifs is 2. The molecular weight excluding hydrogens is 428 g/mol. The molecule has 0 atom stereocenters. The first kappa shape index (κ1) is 22.1. The van der Waals surface area contributed by atoms with Gasteiger partial charge in [-0.3, -0.25) is 0 Å². The van der Waals surface area contributed by atoms with Crippen molar-refractivity contribution in [2.45, 2.75) is 13.8 Å². The van der Waals surface area contributed by atoms with Crippen LogP contribution in [-0.4, -0.2) is 51.0 Å². The van der Waals surface area contributed by atoms with Crippen LogP contribution in [0.4, 0.5) is 10.2 Å². The van der Waals surface area contributed by atoms with E-state index in [1.165, 1.54) is 6.07 Å². The molecule has 0 spiro atoms. The van der Waals surface area contributed by atoms with Gasteiger partial charge < -0.3 is 10.2 Å². The third-order valence-electron chi connectivity index (χ3n) is 5.11. The maximum atomic E-state index is 15.0. The van der Waals surface area contributed by atoms with Gasteiger partial charge in [-0.1, -0.05) is 0 Å². The Morgan fingerprint density at radius 2 is 1.77 bits per heavy atom. The van der Waals surface area contributed by atoms with Crippen LogP contribution in [0.2, 0.25) is 0 Å². The van der Waals surface area contributed by atoms with Gasteiger partial charge in [0.2, 0.25) is 0 Å². The number of halogens is 3. The summed E-state index contributed by atoms with van der Waals surface area (Å²) in [6.07, 6.45) is 1.86. The van der Waals surface area contributed by atoms with Gasteiger partial charge in [-0.15, -0.1) is 35.0 Å². The van der Waals surface area contributed by atoms with Gasteiger partial charge >= 0.3 is 0 Å². The number of hydrogen-bond donors (Lipinski definition) is 1. The van der Waals surface area contributed by atoms with Crippen LogP contribution in [0.15, 0.2) is 30.5 Å². The first-order valence-corrected chi connectivity index (χ1v) is 9.35. The molecule has 4 heterocycles. The van der Waals surface area contributed by atoms with Crippen molar-refractivity contribution >= 4 is 47.2 Å². The van der Waals surface area contributed by atoms with Crippen molar-refractivity contribution in [3.05, 3.63) is 47.5 Å². The van der Waals surface area contributed by atoms with Crippen LogP contribution in [0.25, 0.3) is 27.8 Å². The van der Waals surface area contributed by atoms with Gasteiger partial charge in [0.1, 0.15) is 5.82 Å². The summed E-state index contributed by atoms with van der Waals surface area (Å²) in [7, 11) is 0. The van der Waals surface area contributed by atoms with Crippen molar-refractivity contribution in [3.8, 4) is 11.3 Å². The lowest BCUT2D eigenvalue weighted by Gasteiger charge is -2.28. The Hall–Kier alpha value is -2.55. The molecule has 1 fully saturated rings. The highest BCUT2D eigenvalue weighted by Crippen LogP contribution is 2.27. The predicted molar refractivity (Wildman–Crippen MR) is 121 cm³/mol. The zero-order valence-electron chi connectivity index (χ0n) is 16.6. The molecule has 0 radical (unpaired) electrons. The highest BCUT2D eigenvalue weighted by Gasteiger charge is 2.16. The molecule has 1 aliphatic heterocycles. The van der Waals surface area contributed by atoms with E-state index in [-0.39, 0.29) is 30.6 Å². The average Bonchev–Trinajstić information content (AvgIpc) is 3.09. The van der Waals surface area contributed by atoms with Gasteiger partial charge in [-0.2, -0.15) is 5.10 Å². The fourth-order valence-corrected chi connectivity index (χ4v) is 3.67. The first-order valence-electron chi connectivity index (χ1n) is 9.35. The van der Waals surface area contributed by atoms with E-state index >= 15 is 0 Å². The molecule has 0 saturated carbocycles. The minimum atomic E-state index is -0.319. The minimum Gasteiger partial charge on any atom is -0.353 e. The lowest BCUT2D eigenvalue weighted by atomic mass is 10.1. The smallest absolute Gasteiger partial charge is 0.156 e. The zero-order chi connectivity index (χ0) is 19.3. The number of hydrogen-bond acceptors (Lipinski definition) is 6. The number of nitrogens with one attached hydrogen (secondary N) is 1. The van der Waals surface area contributed by atoms with Crippen LogP contribution < -0.4 is 10.2 Å². The van der Waals surface area contributed by atoms with E-state index in [0.717, 1.165) is 43.1 Å². The average molecular weight is 450 g/mol. The zero-order valence-corrected chi connectivity index (χ0v) is 18.2. The second kappa shape index (κ2) is 8.67. The fourth-order valence-electron chi connectivity index (χ4n) is 3.67. The topological polar surface area (TPSA) is 71.2 Å². The fraction of sp³-hybridized carbons (Fsp3) is 0.300. The molecule has 3 aromatic heterocycles. The molecule has 4 aromatic rings. The SMILES string of the molecule is Cc1cn2nc(-c3cc(F)c4cc(N5CCNCC5)nnc4c3)cc(C)c2n1.Cl.Cl. The lowest BCUT2D eigenvalue weighted by molar-refractivity contribution is 0.583. The van der Waals surface area contributed by atoms with E-state index in [0.29, 0.717) is 28.0 Å². The van der Waals surface area contributed by atoms with Gasteiger partial charge in [0.15, 0.2) is 11.5 Å². The molecular formula is C20H22Cl2FN7. The third kappa shape index (κ3) is 3.90. The molecule has 7 nitrogen and oxygen atoms in total. The number of piperazine rings is 1. The molecule has 1 aromatic carbocycles. The highest BCUT2D eigenvalue weighted by atomic mass is 35.5. The summed E-state index contributed by atoms with van der Waals surface area (Å²) in [6.45, 7) is 7.37. The summed E-state index contributed by atoms with van der Waals surface area (Å²) < 4.78 is 16.7. The Bertz CT molecular complexity index is 1200. The summed E-state index contributed by atoms with van der Waals surface area (Å²) in [5.74, 6) is 0.394. The molecule has 1 N–H and O–H groups in total.